The Labute approximate surface area is 129 Å². The van der Waals surface area contributed by atoms with Gasteiger partial charge in [-0.05, 0) is 31.5 Å². The Balaban J connectivity index is 1.60. The van der Waals surface area contributed by atoms with Gasteiger partial charge in [-0.1, -0.05) is 6.07 Å². The molecule has 0 saturated carbocycles. The Morgan fingerprint density at radius 3 is 3.05 bits per heavy atom. The van der Waals surface area contributed by atoms with Crippen LogP contribution in [0.4, 0.5) is 10.6 Å². The monoisotopic (exact) mass is 303 g/mol. The van der Waals surface area contributed by atoms with Gasteiger partial charge in [0.2, 0.25) is 5.91 Å². The number of aryl methyl sites for hydroxylation is 1. The molecule has 2 aliphatic heterocycles. The minimum Gasteiger partial charge on any atom is -0.323 e. The number of hydrogen-bond donors (Lipinski definition) is 1. The molecule has 7 nitrogen and oxygen atoms in total. The first-order valence-electron chi connectivity index (χ1n) is 7.61. The molecular formula is C15H21N5O2. The molecule has 7 heteroatoms. The predicted octanol–water partition coefficient (Wildman–Crippen LogP) is 0.275. The van der Waals surface area contributed by atoms with Crippen LogP contribution in [0.15, 0.2) is 18.3 Å². The number of fused-ring (bicyclic) bond motifs is 1. The summed E-state index contributed by atoms with van der Waals surface area (Å²) in [7, 11) is 1.92. The van der Waals surface area contributed by atoms with Crippen molar-refractivity contribution in [3.05, 3.63) is 23.9 Å². The number of pyridine rings is 1. The first-order valence-corrected chi connectivity index (χ1v) is 7.61. The molecule has 0 unspecified atom stereocenters. The van der Waals surface area contributed by atoms with Gasteiger partial charge in [0.15, 0.2) is 0 Å². The molecule has 22 heavy (non-hydrogen) atoms. The number of aromatic nitrogens is 1. The van der Waals surface area contributed by atoms with Gasteiger partial charge >= 0.3 is 6.03 Å². The summed E-state index contributed by atoms with van der Waals surface area (Å²) in [6, 6.07) is 3.71. The zero-order valence-corrected chi connectivity index (χ0v) is 12.8. The molecule has 2 aliphatic rings. The zero-order chi connectivity index (χ0) is 15.5. The van der Waals surface area contributed by atoms with E-state index in [1.165, 1.54) is 0 Å². The molecule has 1 fully saturated rings. The number of nitrogens with one attached hydrogen (secondary N) is 1. The highest BCUT2D eigenvalue weighted by Gasteiger charge is 2.25. The van der Waals surface area contributed by atoms with Crippen LogP contribution < -0.4 is 10.2 Å². The normalized spacial score (nSPS) is 19.0. The molecule has 1 saturated heterocycles. The number of likely N-dealkylation sites (N-methyl/N-ethyl adjacent to an activating group) is 1. The molecule has 118 valence electrons. The summed E-state index contributed by atoms with van der Waals surface area (Å²) in [5.41, 5.74) is 1.10. The lowest BCUT2D eigenvalue weighted by molar-refractivity contribution is -0.135. The van der Waals surface area contributed by atoms with Gasteiger partial charge < -0.3 is 10.2 Å². The first kappa shape index (κ1) is 14.8. The van der Waals surface area contributed by atoms with Crippen LogP contribution >= 0.6 is 0 Å². The second-order valence-electron chi connectivity index (χ2n) is 5.78. The molecule has 0 radical (unpaired) electrons. The van der Waals surface area contributed by atoms with E-state index in [0.717, 1.165) is 30.8 Å². The molecule has 3 amide bonds. The second-order valence-corrected chi connectivity index (χ2v) is 5.78. The van der Waals surface area contributed by atoms with Crippen LogP contribution in [0.5, 0.6) is 0 Å². The lowest BCUT2D eigenvalue weighted by Gasteiger charge is -2.33. The van der Waals surface area contributed by atoms with Crippen molar-refractivity contribution in [3.8, 4) is 0 Å². The highest BCUT2D eigenvalue weighted by molar-refractivity contribution is 5.92. The minimum absolute atomic E-state index is 0.0474. The quantitative estimate of drug-likeness (QED) is 0.852. The van der Waals surface area contributed by atoms with Gasteiger partial charge in [0.05, 0.1) is 13.2 Å². The van der Waals surface area contributed by atoms with Crippen LogP contribution in [0.2, 0.25) is 0 Å². The second kappa shape index (κ2) is 6.31. The molecule has 1 N–H and O–H groups in total. The number of amides is 3. The highest BCUT2D eigenvalue weighted by Crippen LogP contribution is 2.23. The van der Waals surface area contributed by atoms with Crippen LogP contribution in [0.1, 0.15) is 12.0 Å². The van der Waals surface area contributed by atoms with E-state index >= 15 is 0 Å². The molecule has 0 spiro atoms. The third-order valence-electron chi connectivity index (χ3n) is 4.13. The van der Waals surface area contributed by atoms with E-state index in [4.69, 9.17) is 0 Å². The molecule has 1 aromatic rings. The van der Waals surface area contributed by atoms with Crippen molar-refractivity contribution >= 4 is 17.8 Å². The van der Waals surface area contributed by atoms with Gasteiger partial charge in [0.25, 0.3) is 0 Å². The Morgan fingerprint density at radius 2 is 2.23 bits per heavy atom. The standard InChI is InChI=1S/C15H21N5O2/c1-18-8-9-19(13(21)10-18)11-17-15(22)20-7-3-5-12-4-2-6-16-14(12)20/h2,4,6H,3,5,7-11H2,1H3,(H,17,22). The van der Waals surface area contributed by atoms with Crippen molar-refractivity contribution in [1.82, 2.24) is 20.1 Å². The SMILES string of the molecule is CN1CCN(CNC(=O)N2CCCc3cccnc32)C(=O)C1. The van der Waals surface area contributed by atoms with E-state index in [2.05, 4.69) is 10.3 Å². The maximum Gasteiger partial charge on any atom is 0.324 e. The highest BCUT2D eigenvalue weighted by atomic mass is 16.2. The van der Waals surface area contributed by atoms with Gasteiger partial charge in [-0.3, -0.25) is 14.6 Å². The predicted molar refractivity (Wildman–Crippen MR) is 82.5 cm³/mol. The molecule has 0 bridgehead atoms. The van der Waals surface area contributed by atoms with E-state index in [1.807, 2.05) is 24.1 Å². The van der Waals surface area contributed by atoms with Gasteiger partial charge in [0.1, 0.15) is 5.82 Å². The van der Waals surface area contributed by atoms with E-state index in [9.17, 15) is 9.59 Å². The minimum atomic E-state index is -0.189. The Hall–Kier alpha value is -2.15. The number of urea groups is 1. The van der Waals surface area contributed by atoms with Crippen LogP contribution in [0.3, 0.4) is 0 Å². The fraction of sp³-hybridized carbons (Fsp3) is 0.533. The van der Waals surface area contributed by atoms with Crippen molar-refractivity contribution in [1.29, 1.82) is 0 Å². The van der Waals surface area contributed by atoms with Gasteiger partial charge in [-0.2, -0.15) is 0 Å². The number of nitrogens with zero attached hydrogens (tertiary/aromatic N) is 4. The van der Waals surface area contributed by atoms with Gasteiger partial charge in [-0.15, -0.1) is 0 Å². The maximum absolute atomic E-state index is 12.4. The Bertz CT molecular complexity index is 577. The van der Waals surface area contributed by atoms with Crippen molar-refractivity contribution in [3.63, 3.8) is 0 Å². The van der Waals surface area contributed by atoms with Crippen molar-refractivity contribution in [2.24, 2.45) is 0 Å². The van der Waals surface area contributed by atoms with Crippen LogP contribution in [0, 0.1) is 0 Å². The molecule has 0 aliphatic carbocycles. The zero-order valence-electron chi connectivity index (χ0n) is 12.8. The summed E-state index contributed by atoms with van der Waals surface area (Å²) in [5.74, 6) is 0.780. The van der Waals surface area contributed by atoms with Crippen molar-refractivity contribution < 1.29 is 9.59 Å². The van der Waals surface area contributed by atoms with Crippen molar-refractivity contribution in [2.45, 2.75) is 12.8 Å². The first-order chi connectivity index (χ1) is 10.6. The number of carbonyl (C=O) groups excluding carboxylic acids is 2. The Morgan fingerprint density at radius 1 is 1.36 bits per heavy atom. The summed E-state index contributed by atoms with van der Waals surface area (Å²) in [4.78, 5) is 33.9. The molecule has 0 aromatic carbocycles. The lowest BCUT2D eigenvalue weighted by Crippen LogP contribution is -2.54. The van der Waals surface area contributed by atoms with E-state index in [0.29, 0.717) is 19.6 Å². The topological polar surface area (TPSA) is 68.8 Å². The summed E-state index contributed by atoms with van der Waals surface area (Å²) in [6.45, 7) is 2.79. The third-order valence-corrected chi connectivity index (χ3v) is 4.13. The molecule has 3 rings (SSSR count). The average molecular weight is 303 g/mol. The fourth-order valence-electron chi connectivity index (χ4n) is 2.85. The van der Waals surface area contributed by atoms with Gasteiger partial charge in [-0.25, -0.2) is 9.78 Å². The third kappa shape index (κ3) is 3.04. The van der Waals surface area contributed by atoms with Crippen molar-refractivity contribution in [2.75, 3.05) is 44.8 Å². The van der Waals surface area contributed by atoms with E-state index < -0.39 is 0 Å². The molecule has 0 atom stereocenters. The average Bonchev–Trinajstić information content (AvgIpc) is 2.53. The molecule has 3 heterocycles. The number of rotatable bonds is 2. The lowest BCUT2D eigenvalue weighted by atomic mass is 10.1. The van der Waals surface area contributed by atoms with E-state index in [-0.39, 0.29) is 18.6 Å². The molecule has 1 aromatic heterocycles. The van der Waals surface area contributed by atoms with Gasteiger partial charge in [0, 0.05) is 25.8 Å². The summed E-state index contributed by atoms with van der Waals surface area (Å²) in [6.07, 6.45) is 3.58. The number of carbonyl (C=O) groups is 2. The smallest absolute Gasteiger partial charge is 0.323 e. The van der Waals surface area contributed by atoms with Crippen LogP contribution in [-0.2, 0) is 11.2 Å². The largest absolute Gasteiger partial charge is 0.324 e. The maximum atomic E-state index is 12.4. The van der Waals surface area contributed by atoms with Crippen LogP contribution in [-0.4, -0.2) is 66.6 Å². The number of hydrogen-bond acceptors (Lipinski definition) is 4. The molecular weight excluding hydrogens is 282 g/mol. The van der Waals surface area contributed by atoms with Crippen LogP contribution in [0.25, 0.3) is 0 Å². The number of anilines is 1. The number of piperazine rings is 1. The van der Waals surface area contributed by atoms with E-state index in [1.54, 1.807) is 16.0 Å². The summed E-state index contributed by atoms with van der Waals surface area (Å²) < 4.78 is 0. The fourth-order valence-corrected chi connectivity index (χ4v) is 2.85. The summed E-state index contributed by atoms with van der Waals surface area (Å²) in [5, 5.41) is 2.84. The summed E-state index contributed by atoms with van der Waals surface area (Å²) >= 11 is 0. The Kier molecular flexibility index (Phi) is 4.24.